The molecule has 1 saturated heterocycles. The van der Waals surface area contributed by atoms with Crippen molar-refractivity contribution in [3.8, 4) is 6.07 Å². The Kier molecular flexibility index (Phi) is 4.13. The van der Waals surface area contributed by atoms with E-state index in [1.807, 2.05) is 6.07 Å². The SMILES string of the molecule is N#Cc1cnn(C(=O)N2CCN(C[SH](=O)=O)CC2)c1. The summed E-state index contributed by atoms with van der Waals surface area (Å²) in [6, 6.07) is 1.61. The van der Waals surface area contributed by atoms with E-state index in [9.17, 15) is 13.2 Å². The summed E-state index contributed by atoms with van der Waals surface area (Å²) in [5, 5.41) is 12.5. The first-order valence-corrected chi connectivity index (χ1v) is 7.04. The topological polar surface area (TPSA) is 99.3 Å². The van der Waals surface area contributed by atoms with Crippen molar-refractivity contribution < 1.29 is 13.2 Å². The summed E-state index contributed by atoms with van der Waals surface area (Å²) < 4.78 is 22.3. The number of thiol groups is 1. The molecule has 0 aromatic carbocycles. The van der Waals surface area contributed by atoms with Crippen LogP contribution in [0.1, 0.15) is 5.56 Å². The molecule has 0 bridgehead atoms. The zero-order valence-electron chi connectivity index (χ0n) is 10.1. The highest BCUT2D eigenvalue weighted by molar-refractivity contribution is 7.72. The summed E-state index contributed by atoms with van der Waals surface area (Å²) in [5.41, 5.74) is 0.329. The standard InChI is InChI=1S/C10H13N5O3S/c11-5-9-6-12-15(7-9)10(16)14-3-1-13(2-4-14)8-19(17)18/h6-7,19H,1-4,8H2. The van der Waals surface area contributed by atoms with E-state index in [1.165, 1.54) is 12.4 Å². The van der Waals surface area contributed by atoms with E-state index in [2.05, 4.69) is 5.10 Å². The molecule has 1 aromatic rings. The van der Waals surface area contributed by atoms with E-state index < -0.39 is 10.7 Å². The van der Waals surface area contributed by atoms with Gasteiger partial charge in [0, 0.05) is 26.2 Å². The van der Waals surface area contributed by atoms with Crippen LogP contribution in [0.15, 0.2) is 12.4 Å². The minimum atomic E-state index is -2.43. The summed E-state index contributed by atoms with van der Waals surface area (Å²) >= 11 is 0. The maximum absolute atomic E-state index is 12.0. The van der Waals surface area contributed by atoms with Crippen molar-refractivity contribution >= 4 is 16.7 Å². The molecular formula is C10H13N5O3S. The predicted octanol–water partition coefficient (Wildman–Crippen LogP) is -1.09. The van der Waals surface area contributed by atoms with E-state index in [1.54, 1.807) is 9.80 Å². The highest BCUT2D eigenvalue weighted by atomic mass is 32.2. The molecule has 19 heavy (non-hydrogen) atoms. The zero-order chi connectivity index (χ0) is 13.8. The molecule has 2 heterocycles. The summed E-state index contributed by atoms with van der Waals surface area (Å²) in [5.74, 6) is 0.0255. The van der Waals surface area contributed by atoms with Crippen LogP contribution in [0, 0.1) is 11.3 Å². The van der Waals surface area contributed by atoms with Gasteiger partial charge in [-0.25, -0.2) is 13.2 Å². The Morgan fingerprint density at radius 3 is 2.58 bits per heavy atom. The van der Waals surface area contributed by atoms with E-state index in [-0.39, 0.29) is 11.9 Å². The Balaban J connectivity index is 1.94. The van der Waals surface area contributed by atoms with Crippen LogP contribution in [0.25, 0.3) is 0 Å². The maximum Gasteiger partial charge on any atom is 0.344 e. The second kappa shape index (κ2) is 5.81. The quantitative estimate of drug-likeness (QED) is 0.692. The van der Waals surface area contributed by atoms with Gasteiger partial charge in [-0.15, -0.1) is 0 Å². The van der Waals surface area contributed by atoms with Gasteiger partial charge < -0.3 is 4.90 Å². The zero-order valence-corrected chi connectivity index (χ0v) is 11.0. The fraction of sp³-hybridized carbons (Fsp3) is 0.500. The number of hydrogen-bond donors (Lipinski definition) is 1. The van der Waals surface area contributed by atoms with Crippen molar-refractivity contribution in [3.05, 3.63) is 18.0 Å². The van der Waals surface area contributed by atoms with Gasteiger partial charge in [-0.2, -0.15) is 15.0 Å². The largest absolute Gasteiger partial charge is 0.344 e. The molecule has 1 aliphatic heterocycles. The average molecular weight is 283 g/mol. The number of carbonyl (C=O) groups is 1. The Labute approximate surface area is 111 Å². The Hall–Kier alpha value is -1.92. The Morgan fingerprint density at radius 1 is 1.37 bits per heavy atom. The monoisotopic (exact) mass is 283 g/mol. The van der Waals surface area contributed by atoms with Crippen molar-refractivity contribution in [1.82, 2.24) is 19.6 Å². The van der Waals surface area contributed by atoms with Gasteiger partial charge in [0.05, 0.1) is 23.8 Å². The van der Waals surface area contributed by atoms with Gasteiger partial charge in [-0.05, 0) is 0 Å². The molecule has 1 aromatic heterocycles. The molecule has 8 nitrogen and oxygen atoms in total. The molecule has 9 heteroatoms. The van der Waals surface area contributed by atoms with Crippen molar-refractivity contribution in [2.24, 2.45) is 0 Å². The molecule has 2 rings (SSSR count). The lowest BCUT2D eigenvalue weighted by Gasteiger charge is -2.33. The first kappa shape index (κ1) is 13.5. The van der Waals surface area contributed by atoms with Crippen LogP contribution >= 0.6 is 0 Å². The van der Waals surface area contributed by atoms with Crippen molar-refractivity contribution in [1.29, 1.82) is 5.26 Å². The smallest absolute Gasteiger partial charge is 0.320 e. The van der Waals surface area contributed by atoms with E-state index in [0.717, 1.165) is 4.68 Å². The van der Waals surface area contributed by atoms with Crippen LogP contribution in [0.5, 0.6) is 0 Å². The Morgan fingerprint density at radius 2 is 2.05 bits per heavy atom. The number of nitrogens with zero attached hydrogens (tertiary/aromatic N) is 5. The Bertz CT molecular complexity index is 572. The van der Waals surface area contributed by atoms with Crippen molar-refractivity contribution in [2.45, 2.75) is 0 Å². The lowest BCUT2D eigenvalue weighted by atomic mass is 10.3. The van der Waals surface area contributed by atoms with Gasteiger partial charge in [-0.1, -0.05) is 0 Å². The lowest BCUT2D eigenvalue weighted by Crippen LogP contribution is -2.50. The number of amides is 1. The van der Waals surface area contributed by atoms with Crippen LogP contribution in [0.2, 0.25) is 0 Å². The molecule has 1 aliphatic rings. The first-order valence-electron chi connectivity index (χ1n) is 5.68. The molecule has 0 spiro atoms. The summed E-state index contributed by atoms with van der Waals surface area (Å²) in [4.78, 5) is 15.4. The number of piperazine rings is 1. The summed E-state index contributed by atoms with van der Waals surface area (Å²) in [6.07, 6.45) is 2.71. The third-order valence-corrected chi connectivity index (χ3v) is 3.50. The second-order valence-electron chi connectivity index (χ2n) is 4.15. The van der Waals surface area contributed by atoms with Gasteiger partial charge in [0.15, 0.2) is 10.7 Å². The molecular weight excluding hydrogens is 270 g/mol. The van der Waals surface area contributed by atoms with Crippen molar-refractivity contribution in [3.63, 3.8) is 0 Å². The van der Waals surface area contributed by atoms with Gasteiger partial charge in [0.25, 0.3) is 0 Å². The van der Waals surface area contributed by atoms with Crippen molar-refractivity contribution in [2.75, 3.05) is 32.1 Å². The van der Waals surface area contributed by atoms with Crippen LogP contribution in [-0.4, -0.2) is 66.1 Å². The predicted molar refractivity (Wildman–Crippen MR) is 66.1 cm³/mol. The highest BCUT2D eigenvalue weighted by Crippen LogP contribution is 2.05. The van der Waals surface area contributed by atoms with Crippen LogP contribution < -0.4 is 0 Å². The molecule has 0 saturated carbocycles. The molecule has 0 aliphatic carbocycles. The fourth-order valence-corrected chi connectivity index (χ4v) is 2.48. The number of hydrogen-bond acceptors (Lipinski definition) is 6. The van der Waals surface area contributed by atoms with E-state index >= 15 is 0 Å². The van der Waals surface area contributed by atoms with Gasteiger partial charge >= 0.3 is 6.03 Å². The molecule has 0 N–H and O–H groups in total. The van der Waals surface area contributed by atoms with Crippen LogP contribution in [-0.2, 0) is 10.7 Å². The van der Waals surface area contributed by atoms with E-state index in [0.29, 0.717) is 31.7 Å². The third-order valence-electron chi connectivity index (χ3n) is 2.87. The minimum Gasteiger partial charge on any atom is -0.320 e. The van der Waals surface area contributed by atoms with Gasteiger partial charge in [-0.3, -0.25) is 4.90 Å². The third kappa shape index (κ3) is 3.30. The number of nitriles is 1. The number of rotatable bonds is 2. The van der Waals surface area contributed by atoms with Crippen LogP contribution in [0.4, 0.5) is 4.79 Å². The van der Waals surface area contributed by atoms with E-state index in [4.69, 9.17) is 5.26 Å². The molecule has 0 radical (unpaired) electrons. The molecule has 1 amide bonds. The maximum atomic E-state index is 12.0. The van der Waals surface area contributed by atoms with Gasteiger partial charge in [0.1, 0.15) is 6.07 Å². The average Bonchev–Trinajstić information content (AvgIpc) is 2.87. The molecule has 1 fully saturated rings. The fourth-order valence-electron chi connectivity index (χ4n) is 1.87. The molecule has 0 atom stereocenters. The number of carbonyl (C=O) groups excluding carboxylic acids is 1. The van der Waals surface area contributed by atoms with Gasteiger partial charge in [0.2, 0.25) is 0 Å². The molecule has 0 unspecified atom stereocenters. The normalized spacial score (nSPS) is 16.5. The highest BCUT2D eigenvalue weighted by Gasteiger charge is 2.22. The lowest BCUT2D eigenvalue weighted by molar-refractivity contribution is 0.149. The first-order chi connectivity index (χ1) is 9.10. The minimum absolute atomic E-state index is 0.0255. The van der Waals surface area contributed by atoms with Crippen LogP contribution in [0.3, 0.4) is 0 Å². The summed E-state index contributed by atoms with van der Waals surface area (Å²) in [7, 11) is -2.43. The number of aromatic nitrogens is 2. The second-order valence-corrected chi connectivity index (χ2v) is 5.10. The molecule has 102 valence electrons. The summed E-state index contributed by atoms with van der Waals surface area (Å²) in [6.45, 7) is 1.93.